The number of carbonyl (C=O) groups excluding carboxylic acids is 1. The second-order valence-corrected chi connectivity index (χ2v) is 6.35. The molecule has 1 heterocycles. The number of carbonyl (C=O) groups is 1. The van der Waals surface area contributed by atoms with Crippen molar-refractivity contribution in [2.45, 2.75) is 24.5 Å². The van der Waals surface area contributed by atoms with E-state index in [1.807, 2.05) is 24.0 Å². The van der Waals surface area contributed by atoms with E-state index in [0.29, 0.717) is 0 Å². The highest BCUT2D eigenvalue weighted by atomic mass is 32.2. The van der Waals surface area contributed by atoms with Crippen LogP contribution in [0.15, 0.2) is 24.3 Å². The van der Waals surface area contributed by atoms with Crippen LogP contribution in [0.4, 0.5) is 0 Å². The Bertz CT molecular complexity index is 450. The van der Waals surface area contributed by atoms with Gasteiger partial charge in [-0.05, 0) is 31.5 Å². The van der Waals surface area contributed by atoms with E-state index < -0.39 is 0 Å². The molecule has 2 rings (SSSR count). The van der Waals surface area contributed by atoms with Crippen molar-refractivity contribution < 1.29 is 14.8 Å². The highest BCUT2D eigenvalue weighted by molar-refractivity contribution is 8.01. The molecule has 20 heavy (non-hydrogen) atoms. The van der Waals surface area contributed by atoms with Gasteiger partial charge >= 0.3 is 0 Å². The van der Waals surface area contributed by atoms with E-state index in [2.05, 4.69) is 24.4 Å². The number of ether oxygens (including phenoxy) is 1. The topological polar surface area (TPSA) is 46.2 Å². The summed E-state index contributed by atoms with van der Waals surface area (Å²) in [7, 11) is 1.66. The van der Waals surface area contributed by atoms with Crippen LogP contribution in [0, 0.1) is 0 Å². The molecule has 0 bridgehead atoms. The minimum absolute atomic E-state index is 0.0451. The zero-order chi connectivity index (χ0) is 14.5. The third-order valence-electron chi connectivity index (χ3n) is 3.51. The van der Waals surface area contributed by atoms with Crippen LogP contribution in [0.5, 0.6) is 5.75 Å². The molecule has 110 valence electrons. The summed E-state index contributed by atoms with van der Waals surface area (Å²) in [6, 6.07) is 8.02. The molecule has 0 saturated carbocycles. The van der Waals surface area contributed by atoms with Crippen LogP contribution in [0.3, 0.4) is 0 Å². The van der Waals surface area contributed by atoms with Crippen molar-refractivity contribution in [3.8, 4) is 5.75 Å². The van der Waals surface area contributed by atoms with Crippen LogP contribution in [-0.2, 0) is 4.79 Å². The van der Waals surface area contributed by atoms with Gasteiger partial charge in [0.1, 0.15) is 11.1 Å². The number of nitrogens with zero attached hydrogens (tertiary/aromatic N) is 1. The van der Waals surface area contributed by atoms with Crippen molar-refractivity contribution >= 4 is 17.7 Å². The first-order valence-electron chi connectivity index (χ1n) is 7.09. The predicted octanol–water partition coefficient (Wildman–Crippen LogP) is 1.24. The lowest BCUT2D eigenvalue weighted by Gasteiger charge is -2.23. The average molecular weight is 295 g/mol. The molecule has 2 atom stereocenters. The highest BCUT2D eigenvalue weighted by Gasteiger charge is 2.38. The lowest BCUT2D eigenvalue weighted by Crippen LogP contribution is -2.85. The molecular weight excluding hydrogens is 272 g/mol. The summed E-state index contributed by atoms with van der Waals surface area (Å²) in [5.74, 6) is 1.10. The zero-order valence-electron chi connectivity index (χ0n) is 12.3. The van der Waals surface area contributed by atoms with Crippen LogP contribution < -0.4 is 10.1 Å². The summed E-state index contributed by atoms with van der Waals surface area (Å²) in [6.07, 6.45) is 0. The molecule has 1 aromatic rings. The molecule has 0 unspecified atom stereocenters. The van der Waals surface area contributed by atoms with Crippen LogP contribution in [0.1, 0.15) is 24.8 Å². The smallest absolute Gasteiger partial charge is 0.236 e. The monoisotopic (exact) mass is 295 g/mol. The summed E-state index contributed by atoms with van der Waals surface area (Å²) < 4.78 is 5.19. The third kappa shape index (κ3) is 3.27. The molecule has 0 aromatic heterocycles. The maximum Gasteiger partial charge on any atom is 0.236 e. The molecule has 0 spiro atoms. The summed E-state index contributed by atoms with van der Waals surface area (Å²) in [5, 5.41) is 2.41. The first kappa shape index (κ1) is 15.2. The molecule has 2 N–H and O–H groups in total. The molecule has 1 aliphatic heterocycles. The van der Waals surface area contributed by atoms with Crippen molar-refractivity contribution in [1.82, 2.24) is 4.90 Å². The lowest BCUT2D eigenvalue weighted by molar-refractivity contribution is -0.651. The Morgan fingerprint density at radius 2 is 2.05 bits per heavy atom. The number of quaternary nitrogens is 1. The normalized spacial score (nSPS) is 22.4. The van der Waals surface area contributed by atoms with E-state index in [1.165, 1.54) is 5.56 Å². The van der Waals surface area contributed by atoms with Gasteiger partial charge in [-0.25, -0.2) is 0 Å². The van der Waals surface area contributed by atoms with Gasteiger partial charge in [0.05, 0.1) is 32.0 Å². The van der Waals surface area contributed by atoms with E-state index >= 15 is 0 Å². The van der Waals surface area contributed by atoms with Gasteiger partial charge in [0, 0.05) is 0 Å². The van der Waals surface area contributed by atoms with Crippen LogP contribution in [-0.4, -0.2) is 42.8 Å². The van der Waals surface area contributed by atoms with Gasteiger partial charge in [-0.3, -0.25) is 4.79 Å². The molecule has 0 aliphatic carbocycles. The molecule has 1 aliphatic rings. The molecular formula is C15H23N2O2S+. The van der Waals surface area contributed by atoms with Gasteiger partial charge in [-0.1, -0.05) is 12.1 Å². The summed E-state index contributed by atoms with van der Waals surface area (Å²) in [5.41, 5.74) is 1.17. The maximum atomic E-state index is 12.3. The first-order valence-corrected chi connectivity index (χ1v) is 8.03. The number of hydrogen-bond acceptors (Lipinski definition) is 3. The van der Waals surface area contributed by atoms with Crippen molar-refractivity contribution in [3.05, 3.63) is 29.8 Å². The molecule has 1 saturated heterocycles. The van der Waals surface area contributed by atoms with Gasteiger partial charge < -0.3 is 15.0 Å². The molecule has 5 heteroatoms. The SMILES string of the molecule is CC[NH2+]CCN1C(=O)[C@@H](C)S[C@H]1c1ccc(OC)cc1. The Morgan fingerprint density at radius 1 is 1.35 bits per heavy atom. The average Bonchev–Trinajstić information content (AvgIpc) is 2.76. The predicted molar refractivity (Wildman–Crippen MR) is 81.8 cm³/mol. The van der Waals surface area contributed by atoms with Crippen molar-refractivity contribution in [3.63, 3.8) is 0 Å². The number of hydrogen-bond donors (Lipinski definition) is 1. The minimum Gasteiger partial charge on any atom is -0.497 e. The number of amides is 1. The van der Waals surface area contributed by atoms with E-state index in [1.54, 1.807) is 18.9 Å². The standard InChI is InChI=1S/C15H22N2O2S/c1-4-16-9-10-17-14(18)11(2)20-15(17)12-5-7-13(19-3)8-6-12/h5-8,11,15-16H,4,9-10H2,1-3H3/p+1/t11-,15+/m1/s1. The number of rotatable bonds is 6. The minimum atomic E-state index is 0.0451. The number of likely N-dealkylation sites (N-methyl/N-ethyl adjacent to an activating group) is 1. The molecule has 4 nitrogen and oxygen atoms in total. The van der Waals surface area contributed by atoms with E-state index in [9.17, 15) is 4.79 Å². The Morgan fingerprint density at radius 3 is 2.65 bits per heavy atom. The summed E-state index contributed by atoms with van der Waals surface area (Å²) in [4.78, 5) is 14.3. The van der Waals surface area contributed by atoms with Gasteiger partial charge in [0.2, 0.25) is 5.91 Å². The van der Waals surface area contributed by atoms with Crippen molar-refractivity contribution in [2.24, 2.45) is 0 Å². The third-order valence-corrected chi connectivity index (χ3v) is 4.91. The Labute approximate surface area is 124 Å². The van der Waals surface area contributed by atoms with Gasteiger partial charge in [-0.2, -0.15) is 0 Å². The van der Waals surface area contributed by atoms with Crippen LogP contribution >= 0.6 is 11.8 Å². The summed E-state index contributed by atoms with van der Waals surface area (Å²) in [6.45, 7) is 6.94. The Hall–Kier alpha value is -1.20. The fraction of sp³-hybridized carbons (Fsp3) is 0.533. The Kier molecular flexibility index (Phi) is 5.31. The number of benzene rings is 1. The molecule has 1 fully saturated rings. The fourth-order valence-electron chi connectivity index (χ4n) is 2.36. The fourth-order valence-corrected chi connectivity index (χ4v) is 3.67. The highest BCUT2D eigenvalue weighted by Crippen LogP contribution is 2.42. The zero-order valence-corrected chi connectivity index (χ0v) is 13.2. The van der Waals surface area contributed by atoms with E-state index in [4.69, 9.17) is 4.74 Å². The van der Waals surface area contributed by atoms with E-state index in [0.717, 1.165) is 25.4 Å². The quantitative estimate of drug-likeness (QED) is 0.803. The lowest BCUT2D eigenvalue weighted by atomic mass is 10.2. The number of thioether (sulfide) groups is 1. The first-order chi connectivity index (χ1) is 9.67. The van der Waals surface area contributed by atoms with Crippen molar-refractivity contribution in [2.75, 3.05) is 26.7 Å². The van der Waals surface area contributed by atoms with Crippen molar-refractivity contribution in [1.29, 1.82) is 0 Å². The maximum absolute atomic E-state index is 12.3. The van der Waals surface area contributed by atoms with Crippen LogP contribution in [0.25, 0.3) is 0 Å². The molecule has 1 amide bonds. The van der Waals surface area contributed by atoms with Gasteiger partial charge in [0.25, 0.3) is 0 Å². The summed E-state index contributed by atoms with van der Waals surface area (Å²) >= 11 is 1.73. The van der Waals surface area contributed by atoms with E-state index in [-0.39, 0.29) is 16.5 Å². The number of nitrogens with two attached hydrogens (primary N) is 1. The second kappa shape index (κ2) is 6.99. The molecule has 0 radical (unpaired) electrons. The number of methoxy groups -OCH3 is 1. The molecule has 1 aromatic carbocycles. The second-order valence-electron chi connectivity index (χ2n) is 4.92. The van der Waals surface area contributed by atoms with Crippen LogP contribution in [0.2, 0.25) is 0 Å². The Balaban J connectivity index is 2.12. The van der Waals surface area contributed by atoms with Gasteiger partial charge in [-0.15, -0.1) is 11.8 Å². The largest absolute Gasteiger partial charge is 0.497 e. The van der Waals surface area contributed by atoms with Gasteiger partial charge in [0.15, 0.2) is 0 Å².